The van der Waals surface area contributed by atoms with Gasteiger partial charge in [0.1, 0.15) is 17.1 Å². The highest BCUT2D eigenvalue weighted by molar-refractivity contribution is 5.98. The molecule has 5 nitrogen and oxygen atoms in total. The zero-order valence-corrected chi connectivity index (χ0v) is 20.9. The van der Waals surface area contributed by atoms with Crippen molar-refractivity contribution in [1.29, 1.82) is 0 Å². The van der Waals surface area contributed by atoms with E-state index in [9.17, 15) is 5.11 Å². The molecule has 0 bridgehead atoms. The Morgan fingerprint density at radius 2 is 1.58 bits per heavy atom. The van der Waals surface area contributed by atoms with Gasteiger partial charge in [-0.2, -0.15) is 0 Å². The number of hydrogen-bond donors (Lipinski definition) is 1. The van der Waals surface area contributed by atoms with Gasteiger partial charge in [0.15, 0.2) is 0 Å². The van der Waals surface area contributed by atoms with E-state index in [-0.39, 0.29) is 5.75 Å². The second kappa shape index (κ2) is 8.38. The predicted molar refractivity (Wildman–Crippen MR) is 148 cm³/mol. The summed E-state index contributed by atoms with van der Waals surface area (Å²) in [6.45, 7) is 6.36. The number of aryl methyl sites for hydroxylation is 1. The van der Waals surface area contributed by atoms with E-state index >= 15 is 0 Å². The highest BCUT2D eigenvalue weighted by Crippen LogP contribution is 2.51. The molecule has 0 saturated heterocycles. The molecule has 178 valence electrons. The van der Waals surface area contributed by atoms with Gasteiger partial charge in [-0.15, -0.1) is 0 Å². The molecule has 1 aliphatic rings. The molecular weight excluding hydrogens is 444 g/mol. The molecule has 0 atom stereocenters. The molecule has 2 aromatic heterocycles. The minimum atomic E-state index is 0.202. The van der Waals surface area contributed by atoms with Crippen LogP contribution in [0.15, 0.2) is 85.1 Å². The lowest BCUT2D eigenvalue weighted by atomic mass is 9.97. The van der Waals surface area contributed by atoms with Crippen LogP contribution >= 0.6 is 0 Å². The topological polar surface area (TPSA) is 52.5 Å². The average Bonchev–Trinajstić information content (AvgIpc) is 2.89. The first-order chi connectivity index (χ1) is 17.4. The third-order valence-corrected chi connectivity index (χ3v) is 6.97. The molecule has 5 aromatic rings. The SMILES string of the molecule is Cc1ccc(N2c3ccccc3N(C)c3ccc(-c4ccc5c(C(C)C)ccc(O)c5n4)cc32)nc1. The largest absolute Gasteiger partial charge is 0.506 e. The highest BCUT2D eigenvalue weighted by Gasteiger charge is 2.28. The molecule has 0 saturated carbocycles. The fourth-order valence-corrected chi connectivity index (χ4v) is 5.07. The minimum absolute atomic E-state index is 0.202. The summed E-state index contributed by atoms with van der Waals surface area (Å²) in [5, 5.41) is 11.6. The Hall–Kier alpha value is -4.38. The number of phenols is 1. The van der Waals surface area contributed by atoms with E-state index in [2.05, 4.69) is 91.4 Å². The van der Waals surface area contributed by atoms with Crippen molar-refractivity contribution in [1.82, 2.24) is 9.97 Å². The molecule has 0 amide bonds. The lowest BCUT2D eigenvalue weighted by Crippen LogP contribution is -2.24. The minimum Gasteiger partial charge on any atom is -0.506 e. The Kier molecular flexibility index (Phi) is 5.15. The number of anilines is 5. The van der Waals surface area contributed by atoms with E-state index in [1.54, 1.807) is 6.07 Å². The molecule has 3 aromatic carbocycles. The third kappa shape index (κ3) is 3.47. The molecule has 0 radical (unpaired) electrons. The van der Waals surface area contributed by atoms with Crippen molar-refractivity contribution in [3.8, 4) is 17.0 Å². The van der Waals surface area contributed by atoms with Gasteiger partial charge in [-0.05, 0) is 66.4 Å². The van der Waals surface area contributed by atoms with Gasteiger partial charge in [-0.25, -0.2) is 9.97 Å². The van der Waals surface area contributed by atoms with Crippen molar-refractivity contribution < 1.29 is 5.11 Å². The summed E-state index contributed by atoms with van der Waals surface area (Å²) < 4.78 is 0. The maximum atomic E-state index is 10.6. The van der Waals surface area contributed by atoms with Crippen LogP contribution in [0.3, 0.4) is 0 Å². The van der Waals surface area contributed by atoms with Gasteiger partial charge in [0, 0.05) is 24.2 Å². The first-order valence-electron chi connectivity index (χ1n) is 12.2. The average molecular weight is 473 g/mol. The van der Waals surface area contributed by atoms with Gasteiger partial charge >= 0.3 is 0 Å². The lowest BCUT2D eigenvalue weighted by molar-refractivity contribution is 0.480. The van der Waals surface area contributed by atoms with E-state index < -0.39 is 0 Å². The smallest absolute Gasteiger partial charge is 0.141 e. The van der Waals surface area contributed by atoms with Crippen LogP contribution < -0.4 is 9.80 Å². The number of hydrogen-bond acceptors (Lipinski definition) is 5. The van der Waals surface area contributed by atoms with Crippen molar-refractivity contribution in [3.05, 3.63) is 96.2 Å². The van der Waals surface area contributed by atoms with Crippen LogP contribution in [-0.4, -0.2) is 22.1 Å². The molecule has 0 fully saturated rings. The Balaban J connectivity index is 1.54. The predicted octanol–water partition coefficient (Wildman–Crippen LogP) is 7.99. The van der Waals surface area contributed by atoms with Crippen LogP contribution in [0.4, 0.5) is 28.6 Å². The molecule has 5 heteroatoms. The number of para-hydroxylation sites is 2. The van der Waals surface area contributed by atoms with Crippen molar-refractivity contribution in [2.75, 3.05) is 16.8 Å². The summed E-state index contributed by atoms with van der Waals surface area (Å²) in [7, 11) is 2.09. The number of aromatic nitrogens is 2. The monoisotopic (exact) mass is 472 g/mol. The van der Waals surface area contributed by atoms with E-state index in [1.807, 2.05) is 25.3 Å². The van der Waals surface area contributed by atoms with E-state index in [0.717, 1.165) is 50.8 Å². The van der Waals surface area contributed by atoms with E-state index in [4.69, 9.17) is 9.97 Å². The number of fused-ring (bicyclic) bond motifs is 3. The number of aromatic hydroxyl groups is 1. The number of benzene rings is 3. The van der Waals surface area contributed by atoms with Gasteiger partial charge in [0.25, 0.3) is 0 Å². The summed E-state index contributed by atoms with van der Waals surface area (Å²) in [6, 6.07) is 26.8. The maximum absolute atomic E-state index is 10.6. The van der Waals surface area contributed by atoms with Gasteiger partial charge in [-0.3, -0.25) is 4.90 Å². The highest BCUT2D eigenvalue weighted by atomic mass is 16.3. The zero-order chi connectivity index (χ0) is 25.0. The van der Waals surface area contributed by atoms with E-state index in [0.29, 0.717) is 11.4 Å². The van der Waals surface area contributed by atoms with Crippen LogP contribution in [-0.2, 0) is 0 Å². The molecular formula is C31H28N4O. The molecule has 3 heterocycles. The number of rotatable bonds is 3. The third-order valence-electron chi connectivity index (χ3n) is 6.97. The normalized spacial score (nSPS) is 12.7. The fraction of sp³-hybridized carbons (Fsp3) is 0.161. The van der Waals surface area contributed by atoms with Gasteiger partial charge in [-0.1, -0.05) is 50.2 Å². The molecule has 1 aliphatic heterocycles. The van der Waals surface area contributed by atoms with Crippen LogP contribution in [0.1, 0.15) is 30.9 Å². The van der Waals surface area contributed by atoms with Crippen LogP contribution in [0, 0.1) is 6.92 Å². The standard InChI is InChI=1S/C31H28N4O/c1-19(2)22-12-15-29(36)31-23(22)11-13-24(33-31)21-10-14-26-28(17-21)35(30-16-9-20(3)18-32-30)27-8-6-5-7-25(27)34(26)4/h5-19,36H,1-4H3. The summed E-state index contributed by atoms with van der Waals surface area (Å²) in [5.74, 6) is 1.41. The number of phenolic OH excluding ortho intramolecular Hbond substituents is 1. The quantitative estimate of drug-likeness (QED) is 0.288. The summed E-state index contributed by atoms with van der Waals surface area (Å²) in [6.07, 6.45) is 1.90. The first-order valence-corrected chi connectivity index (χ1v) is 12.2. The number of pyridine rings is 2. The lowest BCUT2D eigenvalue weighted by Gasteiger charge is -2.38. The fourth-order valence-electron chi connectivity index (χ4n) is 5.07. The van der Waals surface area contributed by atoms with Crippen molar-refractivity contribution in [3.63, 3.8) is 0 Å². The molecule has 36 heavy (non-hydrogen) atoms. The zero-order valence-electron chi connectivity index (χ0n) is 20.9. The van der Waals surface area contributed by atoms with Crippen molar-refractivity contribution >= 4 is 39.5 Å². The van der Waals surface area contributed by atoms with Crippen LogP contribution in [0.5, 0.6) is 5.75 Å². The Bertz CT molecular complexity index is 1610. The first kappa shape index (κ1) is 22.1. The Morgan fingerprint density at radius 1 is 0.806 bits per heavy atom. The Labute approximate surface area is 211 Å². The molecule has 0 unspecified atom stereocenters. The van der Waals surface area contributed by atoms with Gasteiger partial charge < -0.3 is 10.0 Å². The Morgan fingerprint density at radius 3 is 2.33 bits per heavy atom. The molecule has 0 aliphatic carbocycles. The van der Waals surface area contributed by atoms with E-state index in [1.165, 1.54) is 5.56 Å². The molecule has 1 N–H and O–H groups in total. The molecule has 6 rings (SSSR count). The maximum Gasteiger partial charge on any atom is 0.141 e. The van der Waals surface area contributed by atoms with Gasteiger partial charge in [0.05, 0.1) is 28.4 Å². The second-order valence-electron chi connectivity index (χ2n) is 9.70. The van der Waals surface area contributed by atoms with Crippen molar-refractivity contribution in [2.45, 2.75) is 26.7 Å². The summed E-state index contributed by atoms with van der Waals surface area (Å²) in [5.41, 5.74) is 9.06. The van der Waals surface area contributed by atoms with Crippen LogP contribution in [0.25, 0.3) is 22.2 Å². The van der Waals surface area contributed by atoms with Crippen LogP contribution in [0.2, 0.25) is 0 Å². The summed E-state index contributed by atoms with van der Waals surface area (Å²) in [4.78, 5) is 14.1. The summed E-state index contributed by atoms with van der Waals surface area (Å²) >= 11 is 0. The number of nitrogens with zero attached hydrogens (tertiary/aromatic N) is 4. The van der Waals surface area contributed by atoms with Gasteiger partial charge in [0.2, 0.25) is 0 Å². The second-order valence-corrected chi connectivity index (χ2v) is 9.70. The van der Waals surface area contributed by atoms with Crippen molar-refractivity contribution in [2.24, 2.45) is 0 Å². The molecule has 0 spiro atoms.